The fraction of sp³-hybridized carbons (Fsp3) is 0.333. The second-order valence-electron chi connectivity index (χ2n) is 3.53. The predicted molar refractivity (Wildman–Crippen MR) is 64.1 cm³/mol. The van der Waals surface area contributed by atoms with Gasteiger partial charge in [0, 0.05) is 6.07 Å². The van der Waals surface area contributed by atoms with Crippen LogP contribution in [0.1, 0.15) is 18.9 Å². The number of carbonyl (C=O) groups excluding carboxylic acids is 2. The molecule has 0 bridgehead atoms. The highest BCUT2D eigenvalue weighted by Crippen LogP contribution is 2.18. The van der Waals surface area contributed by atoms with Crippen LogP contribution >= 0.6 is 0 Å². The van der Waals surface area contributed by atoms with E-state index in [2.05, 4.69) is 4.74 Å². The van der Waals surface area contributed by atoms with E-state index in [1.807, 2.05) is 0 Å². The molecule has 1 aromatic rings. The van der Waals surface area contributed by atoms with E-state index in [4.69, 9.17) is 4.74 Å². The second-order valence-corrected chi connectivity index (χ2v) is 3.53. The Hall–Kier alpha value is -2.44. The maximum atomic E-state index is 11.3. The normalized spacial score (nSPS) is 9.74. The molecule has 0 atom stereocenters. The van der Waals surface area contributed by atoms with Crippen molar-refractivity contribution >= 4 is 17.6 Å². The number of ether oxygens (including phenoxy) is 2. The number of rotatable bonds is 6. The minimum Gasteiger partial charge on any atom is -0.466 e. The van der Waals surface area contributed by atoms with Crippen molar-refractivity contribution in [3.8, 4) is 0 Å². The van der Waals surface area contributed by atoms with Gasteiger partial charge in [0.15, 0.2) is 0 Å². The molecule has 0 unspecified atom stereocenters. The number of carbonyl (C=O) groups is 2. The van der Waals surface area contributed by atoms with Crippen LogP contribution in [0.25, 0.3) is 0 Å². The number of nitro benzene ring substituents is 1. The first-order chi connectivity index (χ1) is 9.04. The Morgan fingerprint density at radius 2 is 1.84 bits per heavy atom. The van der Waals surface area contributed by atoms with Crippen molar-refractivity contribution < 1.29 is 24.0 Å². The number of hydrogen-bond acceptors (Lipinski definition) is 6. The molecule has 0 saturated carbocycles. The van der Waals surface area contributed by atoms with Gasteiger partial charge in [-0.1, -0.05) is 12.1 Å². The smallest absolute Gasteiger partial charge is 0.317 e. The second kappa shape index (κ2) is 7.10. The highest BCUT2D eigenvalue weighted by atomic mass is 16.6. The number of benzene rings is 1. The molecular weight excluding hydrogens is 254 g/mol. The molecule has 102 valence electrons. The summed E-state index contributed by atoms with van der Waals surface area (Å²) in [7, 11) is 0. The number of esters is 2. The largest absolute Gasteiger partial charge is 0.466 e. The van der Waals surface area contributed by atoms with E-state index in [9.17, 15) is 19.7 Å². The van der Waals surface area contributed by atoms with Crippen molar-refractivity contribution in [3.63, 3.8) is 0 Å². The lowest BCUT2D eigenvalue weighted by Gasteiger charge is -2.05. The average molecular weight is 267 g/mol. The summed E-state index contributed by atoms with van der Waals surface area (Å²) in [6.07, 6.45) is -0.505. The zero-order valence-electron chi connectivity index (χ0n) is 10.3. The summed E-state index contributed by atoms with van der Waals surface area (Å²) < 4.78 is 9.37. The molecule has 0 aromatic heterocycles. The quantitative estimate of drug-likeness (QED) is 0.336. The van der Waals surface area contributed by atoms with Gasteiger partial charge in [0.25, 0.3) is 5.69 Å². The van der Waals surface area contributed by atoms with Gasteiger partial charge in [0.1, 0.15) is 13.0 Å². The summed E-state index contributed by atoms with van der Waals surface area (Å²) >= 11 is 0. The van der Waals surface area contributed by atoms with Crippen LogP contribution in [-0.2, 0) is 25.7 Å². The lowest BCUT2D eigenvalue weighted by molar-refractivity contribution is -0.385. The summed E-state index contributed by atoms with van der Waals surface area (Å²) in [4.78, 5) is 32.5. The van der Waals surface area contributed by atoms with Crippen LogP contribution < -0.4 is 0 Å². The first kappa shape index (κ1) is 14.6. The van der Waals surface area contributed by atoms with E-state index in [0.717, 1.165) is 0 Å². The SMILES string of the molecule is CCOC(=O)CC(=O)OCc1ccccc1[N+](=O)[O-]. The standard InChI is InChI=1S/C12H13NO6/c1-2-18-11(14)7-12(15)19-8-9-5-3-4-6-10(9)13(16)17/h3-6H,2,7-8H2,1H3. The molecule has 0 saturated heterocycles. The Kier molecular flexibility index (Phi) is 5.46. The molecule has 7 nitrogen and oxygen atoms in total. The van der Waals surface area contributed by atoms with Crippen LogP contribution in [-0.4, -0.2) is 23.5 Å². The summed E-state index contributed by atoms with van der Waals surface area (Å²) in [5, 5.41) is 10.7. The van der Waals surface area contributed by atoms with Gasteiger partial charge in [-0.15, -0.1) is 0 Å². The van der Waals surface area contributed by atoms with E-state index in [1.165, 1.54) is 18.2 Å². The monoisotopic (exact) mass is 267 g/mol. The third kappa shape index (κ3) is 4.74. The molecule has 0 spiro atoms. The van der Waals surface area contributed by atoms with Crippen molar-refractivity contribution in [2.45, 2.75) is 20.0 Å². The molecule has 0 aliphatic carbocycles. The van der Waals surface area contributed by atoms with Gasteiger partial charge in [-0.3, -0.25) is 19.7 Å². The highest BCUT2D eigenvalue weighted by molar-refractivity contribution is 5.91. The lowest BCUT2D eigenvalue weighted by atomic mass is 10.2. The highest BCUT2D eigenvalue weighted by Gasteiger charge is 2.16. The molecular formula is C12H13NO6. The van der Waals surface area contributed by atoms with E-state index < -0.39 is 23.3 Å². The van der Waals surface area contributed by atoms with E-state index in [-0.39, 0.29) is 24.5 Å². The Morgan fingerprint density at radius 3 is 2.47 bits per heavy atom. The number of hydrogen-bond donors (Lipinski definition) is 0. The molecule has 0 aliphatic heterocycles. The maximum Gasteiger partial charge on any atom is 0.317 e. The van der Waals surface area contributed by atoms with Gasteiger partial charge in [-0.25, -0.2) is 0 Å². The van der Waals surface area contributed by atoms with Crippen LogP contribution in [0.3, 0.4) is 0 Å². The van der Waals surface area contributed by atoms with Gasteiger partial charge in [0.2, 0.25) is 0 Å². The van der Waals surface area contributed by atoms with Crippen LogP contribution in [0.4, 0.5) is 5.69 Å². The molecule has 7 heteroatoms. The fourth-order valence-electron chi connectivity index (χ4n) is 1.35. The van der Waals surface area contributed by atoms with Crippen LogP contribution in [0.2, 0.25) is 0 Å². The third-order valence-electron chi connectivity index (χ3n) is 2.17. The van der Waals surface area contributed by atoms with Crippen molar-refractivity contribution in [2.75, 3.05) is 6.61 Å². The van der Waals surface area contributed by atoms with Gasteiger partial charge < -0.3 is 9.47 Å². The minimum absolute atomic E-state index is 0.133. The zero-order valence-corrected chi connectivity index (χ0v) is 10.3. The summed E-state index contributed by atoms with van der Waals surface area (Å²) in [6.45, 7) is 1.54. The van der Waals surface area contributed by atoms with Crippen LogP contribution in [0.5, 0.6) is 0 Å². The van der Waals surface area contributed by atoms with Crippen molar-refractivity contribution in [3.05, 3.63) is 39.9 Å². The molecule has 0 aliphatic rings. The fourth-order valence-corrected chi connectivity index (χ4v) is 1.35. The average Bonchev–Trinajstić information content (AvgIpc) is 2.36. The Bertz CT molecular complexity index is 485. The minimum atomic E-state index is -0.781. The third-order valence-corrected chi connectivity index (χ3v) is 2.17. The lowest BCUT2D eigenvalue weighted by Crippen LogP contribution is -2.14. The van der Waals surface area contributed by atoms with Gasteiger partial charge in [-0.05, 0) is 13.0 Å². The first-order valence-corrected chi connectivity index (χ1v) is 5.58. The van der Waals surface area contributed by atoms with E-state index >= 15 is 0 Å². The summed E-state index contributed by atoms with van der Waals surface area (Å²) in [5.41, 5.74) is 0.135. The van der Waals surface area contributed by atoms with Crippen molar-refractivity contribution in [2.24, 2.45) is 0 Å². The number of nitro groups is 1. The number of para-hydroxylation sites is 1. The Balaban J connectivity index is 2.55. The van der Waals surface area contributed by atoms with E-state index in [0.29, 0.717) is 0 Å². The Morgan fingerprint density at radius 1 is 1.21 bits per heavy atom. The maximum absolute atomic E-state index is 11.3. The van der Waals surface area contributed by atoms with Gasteiger partial charge in [0.05, 0.1) is 17.1 Å². The zero-order chi connectivity index (χ0) is 14.3. The molecule has 1 rings (SSSR count). The van der Waals surface area contributed by atoms with E-state index in [1.54, 1.807) is 13.0 Å². The molecule has 0 N–H and O–H groups in total. The van der Waals surface area contributed by atoms with Gasteiger partial charge >= 0.3 is 11.9 Å². The molecule has 0 heterocycles. The van der Waals surface area contributed by atoms with Crippen molar-refractivity contribution in [1.29, 1.82) is 0 Å². The van der Waals surface area contributed by atoms with Crippen LogP contribution in [0.15, 0.2) is 24.3 Å². The summed E-state index contributed by atoms with van der Waals surface area (Å²) in [6, 6.07) is 5.91. The first-order valence-electron chi connectivity index (χ1n) is 5.58. The van der Waals surface area contributed by atoms with Gasteiger partial charge in [-0.2, -0.15) is 0 Å². The van der Waals surface area contributed by atoms with Crippen LogP contribution in [0, 0.1) is 10.1 Å². The summed E-state index contributed by atoms with van der Waals surface area (Å²) in [5.74, 6) is -1.47. The predicted octanol–water partition coefficient (Wildman–Crippen LogP) is 1.59. The number of nitrogens with zero attached hydrogens (tertiary/aromatic N) is 1. The molecule has 1 aromatic carbocycles. The molecule has 0 amide bonds. The Labute approximate surface area is 109 Å². The molecule has 19 heavy (non-hydrogen) atoms. The molecule has 0 fully saturated rings. The topological polar surface area (TPSA) is 95.7 Å². The van der Waals surface area contributed by atoms with Crippen molar-refractivity contribution in [1.82, 2.24) is 0 Å². The molecule has 0 radical (unpaired) electrons.